The van der Waals surface area contributed by atoms with Gasteiger partial charge in [0, 0.05) is 18.2 Å². The molecule has 102 valence electrons. The normalized spacial score (nSPS) is 12.6. The first-order valence-corrected chi connectivity index (χ1v) is 7.23. The lowest BCUT2D eigenvalue weighted by Crippen LogP contribution is -2.24. The lowest BCUT2D eigenvalue weighted by atomic mass is 10.1. The van der Waals surface area contributed by atoms with Gasteiger partial charge in [-0.15, -0.1) is 0 Å². The second-order valence-electron chi connectivity index (χ2n) is 4.47. The summed E-state index contributed by atoms with van der Waals surface area (Å²) in [6, 6.07) is 7.94. The van der Waals surface area contributed by atoms with Crippen molar-refractivity contribution in [2.24, 2.45) is 0 Å². The molecule has 0 saturated heterocycles. The predicted octanol–water partition coefficient (Wildman–Crippen LogP) is 4.20. The van der Waals surface area contributed by atoms with E-state index < -0.39 is 0 Å². The first-order chi connectivity index (χ1) is 8.77. The molecule has 18 heavy (non-hydrogen) atoms. The van der Waals surface area contributed by atoms with E-state index in [9.17, 15) is 0 Å². The Morgan fingerprint density at radius 1 is 1.17 bits per heavy atom. The summed E-state index contributed by atoms with van der Waals surface area (Å²) in [5.41, 5.74) is 1.19. The monoisotopic (exact) mass is 269 g/mol. The van der Waals surface area contributed by atoms with Crippen LogP contribution in [-0.4, -0.2) is 19.7 Å². The highest BCUT2D eigenvalue weighted by Gasteiger charge is 2.11. The van der Waals surface area contributed by atoms with Crippen molar-refractivity contribution < 1.29 is 4.74 Å². The first-order valence-electron chi connectivity index (χ1n) is 6.85. The molecule has 1 unspecified atom stereocenters. The zero-order valence-corrected chi connectivity index (χ0v) is 12.2. The Morgan fingerprint density at radius 2 is 1.89 bits per heavy atom. The second kappa shape index (κ2) is 9.37. The number of benzene rings is 1. The molecule has 0 bridgehead atoms. The number of ether oxygens (including phenoxy) is 1. The van der Waals surface area contributed by atoms with E-state index in [1.54, 1.807) is 0 Å². The summed E-state index contributed by atoms with van der Waals surface area (Å²) < 4.78 is 5.95. The van der Waals surface area contributed by atoms with Crippen molar-refractivity contribution in [3.63, 3.8) is 0 Å². The fourth-order valence-corrected chi connectivity index (χ4v) is 1.86. The summed E-state index contributed by atoms with van der Waals surface area (Å²) in [4.78, 5) is 0. The van der Waals surface area contributed by atoms with Gasteiger partial charge < -0.3 is 10.1 Å². The Kier molecular flexibility index (Phi) is 8.06. The maximum Gasteiger partial charge on any atom is 0.0949 e. The summed E-state index contributed by atoms with van der Waals surface area (Å²) >= 11 is 5.91. The minimum Gasteiger partial charge on any atom is -0.372 e. The molecule has 0 aromatic heterocycles. The molecule has 0 amide bonds. The first kappa shape index (κ1) is 15.5. The second-order valence-corrected chi connectivity index (χ2v) is 4.91. The van der Waals surface area contributed by atoms with Crippen molar-refractivity contribution in [1.29, 1.82) is 0 Å². The Labute approximate surface area is 116 Å². The summed E-state index contributed by atoms with van der Waals surface area (Å²) in [7, 11) is 0. The average molecular weight is 270 g/mol. The quantitative estimate of drug-likeness (QED) is 0.679. The van der Waals surface area contributed by atoms with Gasteiger partial charge in [-0.25, -0.2) is 0 Å². The highest BCUT2D eigenvalue weighted by atomic mass is 35.5. The number of rotatable bonds is 9. The third kappa shape index (κ3) is 5.85. The average Bonchev–Trinajstić information content (AvgIpc) is 2.38. The molecule has 0 aliphatic heterocycles. The van der Waals surface area contributed by atoms with Crippen molar-refractivity contribution in [3.8, 4) is 0 Å². The van der Waals surface area contributed by atoms with E-state index in [0.29, 0.717) is 0 Å². The molecule has 0 heterocycles. The van der Waals surface area contributed by atoms with Gasteiger partial charge in [0.1, 0.15) is 0 Å². The van der Waals surface area contributed by atoms with Crippen LogP contribution in [0.5, 0.6) is 0 Å². The molecule has 1 aromatic rings. The predicted molar refractivity (Wildman–Crippen MR) is 78.2 cm³/mol. The van der Waals surface area contributed by atoms with Crippen LogP contribution in [0.1, 0.15) is 44.8 Å². The van der Waals surface area contributed by atoms with Crippen LogP contribution in [0.25, 0.3) is 0 Å². The van der Waals surface area contributed by atoms with E-state index in [1.165, 1.54) is 5.56 Å². The molecule has 0 spiro atoms. The molecular formula is C15H24ClNO. The third-order valence-electron chi connectivity index (χ3n) is 2.82. The Bertz CT molecular complexity index is 303. The smallest absolute Gasteiger partial charge is 0.0949 e. The van der Waals surface area contributed by atoms with Crippen LogP contribution in [0, 0.1) is 0 Å². The Balaban J connectivity index is 2.54. The van der Waals surface area contributed by atoms with Crippen LogP contribution in [0.15, 0.2) is 24.3 Å². The highest BCUT2D eigenvalue weighted by Crippen LogP contribution is 2.19. The summed E-state index contributed by atoms with van der Waals surface area (Å²) in [5.74, 6) is 0. The zero-order valence-electron chi connectivity index (χ0n) is 11.4. The molecule has 1 rings (SSSR count). The molecular weight excluding hydrogens is 246 g/mol. The Morgan fingerprint density at radius 3 is 2.50 bits per heavy atom. The third-order valence-corrected chi connectivity index (χ3v) is 3.07. The highest BCUT2D eigenvalue weighted by molar-refractivity contribution is 6.30. The van der Waals surface area contributed by atoms with Gasteiger partial charge >= 0.3 is 0 Å². The largest absolute Gasteiger partial charge is 0.372 e. The van der Waals surface area contributed by atoms with E-state index >= 15 is 0 Å². The van der Waals surface area contributed by atoms with E-state index in [2.05, 4.69) is 19.2 Å². The molecule has 1 aromatic carbocycles. The number of nitrogens with one attached hydrogen (secondary N) is 1. The number of halogens is 1. The van der Waals surface area contributed by atoms with E-state index in [-0.39, 0.29) is 6.10 Å². The van der Waals surface area contributed by atoms with Crippen LogP contribution >= 0.6 is 11.6 Å². The maximum atomic E-state index is 5.95. The fraction of sp³-hybridized carbons (Fsp3) is 0.600. The minimum absolute atomic E-state index is 0.125. The van der Waals surface area contributed by atoms with Gasteiger partial charge in [0.05, 0.1) is 6.10 Å². The zero-order chi connectivity index (χ0) is 13.2. The molecule has 0 aliphatic rings. The van der Waals surface area contributed by atoms with Gasteiger partial charge in [0.15, 0.2) is 0 Å². The molecule has 0 saturated carbocycles. The van der Waals surface area contributed by atoms with E-state index in [4.69, 9.17) is 16.3 Å². The molecule has 1 N–H and O–H groups in total. The summed E-state index contributed by atoms with van der Waals surface area (Å²) in [5, 5.41) is 4.19. The summed E-state index contributed by atoms with van der Waals surface area (Å²) in [6.45, 7) is 7.05. The number of unbranched alkanes of at least 4 members (excludes halogenated alkanes) is 1. The van der Waals surface area contributed by atoms with Crippen molar-refractivity contribution in [1.82, 2.24) is 5.32 Å². The standard InChI is InChI=1S/C15H24ClNO/c1-3-5-11-18-15(12-17-10-4-2)13-6-8-14(16)9-7-13/h6-9,15,17H,3-5,10-12H2,1-2H3. The van der Waals surface area contributed by atoms with Crippen molar-refractivity contribution in [2.75, 3.05) is 19.7 Å². The fourth-order valence-electron chi connectivity index (χ4n) is 1.73. The van der Waals surface area contributed by atoms with Gasteiger partial charge in [-0.3, -0.25) is 0 Å². The molecule has 3 heteroatoms. The van der Waals surface area contributed by atoms with Gasteiger partial charge in [-0.1, -0.05) is 44.0 Å². The SMILES string of the molecule is CCCCOC(CNCCC)c1ccc(Cl)cc1. The Hall–Kier alpha value is -0.570. The van der Waals surface area contributed by atoms with E-state index in [1.807, 2.05) is 24.3 Å². The lowest BCUT2D eigenvalue weighted by Gasteiger charge is -2.19. The lowest BCUT2D eigenvalue weighted by molar-refractivity contribution is 0.0508. The molecule has 2 nitrogen and oxygen atoms in total. The molecule has 0 aliphatic carbocycles. The molecule has 1 atom stereocenters. The maximum absolute atomic E-state index is 5.95. The van der Waals surface area contributed by atoms with E-state index in [0.717, 1.165) is 44.0 Å². The van der Waals surface area contributed by atoms with Crippen molar-refractivity contribution in [2.45, 2.75) is 39.2 Å². The van der Waals surface area contributed by atoms with Crippen LogP contribution < -0.4 is 5.32 Å². The van der Waals surface area contributed by atoms with Crippen molar-refractivity contribution in [3.05, 3.63) is 34.9 Å². The van der Waals surface area contributed by atoms with Crippen LogP contribution in [0.3, 0.4) is 0 Å². The van der Waals surface area contributed by atoms with Gasteiger partial charge in [0.2, 0.25) is 0 Å². The molecule has 0 radical (unpaired) electrons. The summed E-state index contributed by atoms with van der Waals surface area (Å²) in [6.07, 6.45) is 3.54. The molecule has 0 fully saturated rings. The topological polar surface area (TPSA) is 21.3 Å². The van der Waals surface area contributed by atoms with Gasteiger partial charge in [0.25, 0.3) is 0 Å². The van der Waals surface area contributed by atoms with Crippen LogP contribution in [-0.2, 0) is 4.74 Å². The van der Waals surface area contributed by atoms with Crippen LogP contribution in [0.2, 0.25) is 5.02 Å². The van der Waals surface area contributed by atoms with Crippen molar-refractivity contribution >= 4 is 11.6 Å². The van der Waals surface area contributed by atoms with Gasteiger partial charge in [-0.2, -0.15) is 0 Å². The van der Waals surface area contributed by atoms with Crippen LogP contribution in [0.4, 0.5) is 0 Å². The number of hydrogen-bond acceptors (Lipinski definition) is 2. The van der Waals surface area contributed by atoms with Gasteiger partial charge in [-0.05, 0) is 37.1 Å². The number of hydrogen-bond donors (Lipinski definition) is 1. The minimum atomic E-state index is 0.125.